The number of nitrogens with one attached hydrogen (secondary N) is 1. The zero-order chi connectivity index (χ0) is 60.5. The van der Waals surface area contributed by atoms with Crippen molar-refractivity contribution in [2.75, 3.05) is 65.4 Å². The van der Waals surface area contributed by atoms with E-state index in [1.165, 1.54) is 0 Å². The highest BCUT2D eigenvalue weighted by Crippen LogP contribution is 2.50. The van der Waals surface area contributed by atoms with E-state index in [4.69, 9.17) is 0 Å². The van der Waals surface area contributed by atoms with Gasteiger partial charge in [-0.25, -0.2) is 35.1 Å². The molecule has 2 saturated heterocycles. The van der Waals surface area contributed by atoms with Crippen LogP contribution < -0.4 is 5.32 Å². The van der Waals surface area contributed by atoms with Crippen LogP contribution in [0.15, 0.2) is 0 Å². The first-order valence-corrected chi connectivity index (χ1v) is 17.5. The van der Waals surface area contributed by atoms with Gasteiger partial charge in [0.25, 0.3) is 11.8 Å². The van der Waals surface area contributed by atoms with E-state index in [0.717, 1.165) is 0 Å². The molecule has 450 valence electrons. The molecule has 2 rings (SSSR count). The zero-order valence-corrected chi connectivity index (χ0v) is 34.4. The van der Waals surface area contributed by atoms with Gasteiger partial charge in [-0.2, -0.15) is 140 Å². The first-order valence-electron chi connectivity index (χ1n) is 17.5. The lowest BCUT2D eigenvalue weighted by Gasteiger charge is -2.44. The van der Waals surface area contributed by atoms with Gasteiger partial charge in [0, 0.05) is 0 Å². The van der Waals surface area contributed by atoms with Crippen LogP contribution in [0.2, 0.25) is 0 Å². The number of nitrogens with zero attached hydrogens (tertiary/aromatic N) is 4. The lowest BCUT2D eigenvalue weighted by Crippen LogP contribution is -2.60. The standard InChI is InChI=1S/C10H8F14N.C6H4F10N.C5H4F6N.C4H4F6N.C4H5F4N/c11-5(12,1-7(15,16)9(19,20)21)3-25-4-6(13,14)2-8(17,18)10(22,23)24;7-3(8,5(11,12)13)1-17-2-4(9,10)6(14,15)16;6-3(7)1-12-2-4(8,9)5(3,10)11;5-3(6,7)1-11-2-4(8,9)10;5-3(6)1-9-2-4(3,7)8/h1-4H2;1-2H2;1-2H2;1-2H2;9H,1-2H2/q4*-1;. The molecule has 2 fully saturated rings. The van der Waals surface area contributed by atoms with Gasteiger partial charge in [-0.15, -0.1) is 0 Å². The van der Waals surface area contributed by atoms with Crippen molar-refractivity contribution in [1.29, 1.82) is 0 Å². The van der Waals surface area contributed by atoms with Crippen LogP contribution >= 0.6 is 0 Å². The Morgan fingerprint density at radius 1 is 0.311 bits per heavy atom. The van der Waals surface area contributed by atoms with Crippen molar-refractivity contribution in [3.05, 3.63) is 21.3 Å². The van der Waals surface area contributed by atoms with Crippen LogP contribution in [0.5, 0.6) is 0 Å². The SMILES string of the molecule is FC(F)(C[N-]CC(F)(F)CC(F)(F)C(F)(F)F)CC(F)(F)C(F)(F)F.FC(F)(F)C(F)(F)C[N-]CC(F)(F)C(F)(F)F.FC(F)(F)C[N-]CC(F)(F)F.FC1(F)CNCC1(F)F.FC1(F)C[N-]CC(F)(F)C1(F)F. The summed E-state index contributed by atoms with van der Waals surface area (Å²) in [5.41, 5.74) is 0. The van der Waals surface area contributed by atoms with Gasteiger partial charge in [-0.05, 0) is 0 Å². The summed E-state index contributed by atoms with van der Waals surface area (Å²) in [7, 11) is 0. The summed E-state index contributed by atoms with van der Waals surface area (Å²) in [5.74, 6) is -55.0. The van der Waals surface area contributed by atoms with E-state index in [9.17, 15) is 176 Å². The number of rotatable bonds is 14. The van der Waals surface area contributed by atoms with Crippen LogP contribution in [-0.2, 0) is 0 Å². The third-order valence-electron chi connectivity index (χ3n) is 7.28. The van der Waals surface area contributed by atoms with Crippen LogP contribution in [0.1, 0.15) is 12.8 Å². The third-order valence-corrected chi connectivity index (χ3v) is 7.28. The molecule has 0 aromatic heterocycles. The first-order chi connectivity index (χ1) is 31.7. The molecule has 5 nitrogen and oxygen atoms in total. The van der Waals surface area contributed by atoms with Crippen molar-refractivity contribution in [3.63, 3.8) is 0 Å². The molecule has 1 N–H and O–H groups in total. The smallest absolute Gasteiger partial charge is 0.453 e. The highest BCUT2D eigenvalue weighted by Gasteiger charge is 2.70. The van der Waals surface area contributed by atoms with E-state index in [1.807, 2.05) is 10.6 Å². The average molecular weight is 1200 g/mol. The fourth-order valence-corrected chi connectivity index (χ4v) is 3.61. The van der Waals surface area contributed by atoms with Crippen LogP contribution in [0.25, 0.3) is 21.3 Å². The molecule has 0 aromatic rings. The first kappa shape index (κ1) is 75.2. The van der Waals surface area contributed by atoms with E-state index in [1.54, 1.807) is 0 Å². The summed E-state index contributed by atoms with van der Waals surface area (Å²) in [6.07, 6.45) is -40.4. The number of alkyl halides is 40. The molecule has 2 aliphatic heterocycles. The Bertz CT molecular complexity index is 1520. The summed E-state index contributed by atoms with van der Waals surface area (Å²) in [5, 5.41) is 10.8. The molecule has 0 aliphatic carbocycles. The Morgan fingerprint density at radius 3 is 0.730 bits per heavy atom. The van der Waals surface area contributed by atoms with E-state index in [0.29, 0.717) is 0 Å². The van der Waals surface area contributed by atoms with Gasteiger partial charge in [0.2, 0.25) is 11.8 Å². The summed E-state index contributed by atoms with van der Waals surface area (Å²) >= 11 is 0. The highest BCUT2D eigenvalue weighted by atomic mass is 19.5. The molecule has 2 aliphatic rings. The molecule has 0 radical (unpaired) electrons. The predicted octanol–water partition coefficient (Wildman–Crippen LogP) is 15.2. The van der Waals surface area contributed by atoms with Gasteiger partial charge in [0.05, 0.1) is 25.9 Å². The largest absolute Gasteiger partial charge is 0.653 e. The Kier molecular flexibility index (Phi) is 25.2. The topological polar surface area (TPSA) is 68.4 Å². The Labute approximate surface area is 383 Å². The highest BCUT2D eigenvalue weighted by molar-refractivity contribution is 5.12. The van der Waals surface area contributed by atoms with Crippen LogP contribution in [0.3, 0.4) is 0 Å². The second-order valence-electron chi connectivity index (χ2n) is 14.3. The number of hydrogen-bond donors (Lipinski definition) is 1. The maximum atomic E-state index is 12.9. The monoisotopic (exact) mass is 1200 g/mol. The van der Waals surface area contributed by atoms with Crippen LogP contribution in [0, 0.1) is 0 Å². The van der Waals surface area contributed by atoms with E-state index < -0.39 is 180 Å². The summed E-state index contributed by atoms with van der Waals surface area (Å²) in [4.78, 5) is 0. The fourth-order valence-electron chi connectivity index (χ4n) is 3.61. The Hall–Kier alpha value is -3.00. The molecule has 2 heterocycles. The maximum Gasteiger partial charge on any atom is 0.453 e. The Balaban J connectivity index is -0.000000895. The van der Waals surface area contributed by atoms with Crippen molar-refractivity contribution >= 4 is 0 Å². The van der Waals surface area contributed by atoms with Gasteiger partial charge in [0.1, 0.15) is 0 Å². The maximum absolute atomic E-state index is 12.9. The van der Waals surface area contributed by atoms with E-state index in [-0.39, 0.29) is 0 Å². The molecular formula is C29H25F40N5-4. The molecule has 0 aromatic carbocycles. The summed E-state index contributed by atoms with van der Waals surface area (Å²) < 4.78 is 477. The number of piperidine rings is 1. The molecule has 74 heavy (non-hydrogen) atoms. The number of hydrogen-bond acceptors (Lipinski definition) is 1. The summed E-state index contributed by atoms with van der Waals surface area (Å²) in [6.45, 7) is -18.1. The van der Waals surface area contributed by atoms with Crippen molar-refractivity contribution < 1.29 is 176 Å². The second-order valence-corrected chi connectivity index (χ2v) is 14.3. The predicted molar refractivity (Wildman–Crippen MR) is 165 cm³/mol. The third kappa shape index (κ3) is 25.4. The average Bonchev–Trinajstić information content (AvgIpc) is 3.32. The zero-order valence-electron chi connectivity index (χ0n) is 34.4. The van der Waals surface area contributed by atoms with Gasteiger partial charge in [0.15, 0.2) is 0 Å². The molecular weight excluding hydrogens is 1180 g/mol. The molecule has 0 amide bonds. The molecule has 0 atom stereocenters. The minimum atomic E-state index is -6.37. The minimum Gasteiger partial charge on any atom is -0.653 e. The Morgan fingerprint density at radius 2 is 0.541 bits per heavy atom. The van der Waals surface area contributed by atoms with Crippen LogP contribution in [0.4, 0.5) is 176 Å². The van der Waals surface area contributed by atoms with Crippen molar-refractivity contribution in [3.8, 4) is 0 Å². The minimum absolute atomic E-state index is 0.917. The van der Waals surface area contributed by atoms with Gasteiger partial charge < -0.3 is 26.6 Å². The summed E-state index contributed by atoms with van der Waals surface area (Å²) in [6, 6.07) is 0. The van der Waals surface area contributed by atoms with Gasteiger partial charge in [-0.3, -0.25) is 0 Å². The molecule has 0 spiro atoms. The molecule has 0 saturated carbocycles. The van der Waals surface area contributed by atoms with Crippen molar-refractivity contribution in [2.45, 2.75) is 115 Å². The van der Waals surface area contributed by atoms with Crippen molar-refractivity contribution in [2.24, 2.45) is 0 Å². The van der Waals surface area contributed by atoms with Crippen molar-refractivity contribution in [1.82, 2.24) is 5.32 Å². The van der Waals surface area contributed by atoms with E-state index >= 15 is 0 Å². The van der Waals surface area contributed by atoms with E-state index in [2.05, 4.69) is 16.0 Å². The van der Waals surface area contributed by atoms with Crippen LogP contribution in [-0.4, -0.2) is 168 Å². The fraction of sp³-hybridized carbons (Fsp3) is 1.00. The quantitative estimate of drug-likeness (QED) is 0.173. The lowest BCUT2D eigenvalue weighted by atomic mass is 10.0. The molecule has 0 unspecified atom stereocenters. The molecule has 45 heteroatoms. The molecule has 0 bridgehead atoms. The number of halogens is 40. The van der Waals surface area contributed by atoms with Gasteiger partial charge in [-0.1, -0.05) is 52.4 Å². The lowest BCUT2D eigenvalue weighted by molar-refractivity contribution is -0.307. The normalized spacial score (nSPS) is 19.6. The second kappa shape index (κ2) is 24.8. The van der Waals surface area contributed by atoms with Gasteiger partial charge >= 0.3 is 78.5 Å².